The molecule has 0 heterocycles. The summed E-state index contributed by atoms with van der Waals surface area (Å²) in [5.74, 6) is -1.81. The first-order valence-corrected chi connectivity index (χ1v) is 9.01. The van der Waals surface area contributed by atoms with Crippen LogP contribution in [0, 0.1) is 22.7 Å². The van der Waals surface area contributed by atoms with E-state index in [-0.39, 0.29) is 18.3 Å². The Kier molecular flexibility index (Phi) is 8.86. The van der Waals surface area contributed by atoms with Gasteiger partial charge >= 0.3 is 11.9 Å². The third-order valence-corrected chi connectivity index (χ3v) is 5.78. The fraction of sp³-hybridized carbons (Fsp3) is 0.895. The Morgan fingerprint density at radius 1 is 0.913 bits per heavy atom. The summed E-state index contributed by atoms with van der Waals surface area (Å²) in [5.41, 5.74) is -1.78. The maximum Gasteiger partial charge on any atom is 0.309 e. The normalized spacial score (nSPS) is 15.0. The third-order valence-electron chi connectivity index (χ3n) is 5.78. The van der Waals surface area contributed by atoms with Crippen LogP contribution in [0.2, 0.25) is 0 Å². The van der Waals surface area contributed by atoms with Crippen LogP contribution < -0.4 is 0 Å². The zero-order valence-corrected chi connectivity index (χ0v) is 15.8. The van der Waals surface area contributed by atoms with E-state index in [9.17, 15) is 19.8 Å². The van der Waals surface area contributed by atoms with Gasteiger partial charge in [-0.05, 0) is 25.2 Å². The number of unbranched alkanes of at least 4 members (excludes halogenated alkanes) is 4. The molecule has 0 spiro atoms. The summed E-state index contributed by atoms with van der Waals surface area (Å²) in [4.78, 5) is 23.7. The van der Waals surface area contributed by atoms with Gasteiger partial charge in [0.25, 0.3) is 0 Å². The van der Waals surface area contributed by atoms with Crippen LogP contribution in [0.3, 0.4) is 0 Å². The van der Waals surface area contributed by atoms with Gasteiger partial charge < -0.3 is 10.2 Å². The van der Waals surface area contributed by atoms with E-state index in [1.54, 1.807) is 6.92 Å². The lowest BCUT2D eigenvalue weighted by atomic mass is 9.51. The molecule has 0 aromatic heterocycles. The zero-order valence-electron chi connectivity index (χ0n) is 15.8. The topological polar surface area (TPSA) is 74.6 Å². The van der Waals surface area contributed by atoms with E-state index in [2.05, 4.69) is 6.92 Å². The summed E-state index contributed by atoms with van der Waals surface area (Å²) < 4.78 is 0. The molecule has 0 aliphatic heterocycles. The van der Waals surface area contributed by atoms with Gasteiger partial charge in [-0.3, -0.25) is 9.59 Å². The summed E-state index contributed by atoms with van der Waals surface area (Å²) in [6.07, 6.45) is 5.71. The van der Waals surface area contributed by atoms with Gasteiger partial charge in [-0.2, -0.15) is 0 Å². The van der Waals surface area contributed by atoms with E-state index in [1.807, 2.05) is 27.7 Å². The van der Waals surface area contributed by atoms with Crippen molar-refractivity contribution in [2.24, 2.45) is 22.7 Å². The molecule has 23 heavy (non-hydrogen) atoms. The van der Waals surface area contributed by atoms with Crippen LogP contribution in [0.25, 0.3) is 0 Å². The molecule has 1 unspecified atom stereocenters. The van der Waals surface area contributed by atoms with E-state index in [1.165, 1.54) is 6.42 Å². The van der Waals surface area contributed by atoms with Gasteiger partial charge in [0.15, 0.2) is 0 Å². The molecule has 0 fully saturated rings. The molecule has 0 amide bonds. The molecule has 2 N–H and O–H groups in total. The first kappa shape index (κ1) is 21.9. The number of carbonyl (C=O) groups is 2. The van der Waals surface area contributed by atoms with Crippen molar-refractivity contribution in [2.45, 2.75) is 86.5 Å². The van der Waals surface area contributed by atoms with Gasteiger partial charge in [-0.1, -0.05) is 66.7 Å². The second-order valence-electron chi connectivity index (χ2n) is 7.72. The second kappa shape index (κ2) is 9.29. The van der Waals surface area contributed by atoms with Crippen LogP contribution in [0.5, 0.6) is 0 Å². The van der Waals surface area contributed by atoms with Crippen LogP contribution in [0.1, 0.15) is 86.5 Å². The molecule has 0 rings (SSSR count). The Balaban J connectivity index is 5.58. The Hall–Kier alpha value is -1.06. The van der Waals surface area contributed by atoms with E-state index in [4.69, 9.17) is 0 Å². The maximum atomic E-state index is 12.2. The lowest BCUT2D eigenvalue weighted by Gasteiger charge is -2.51. The molecule has 136 valence electrons. The van der Waals surface area contributed by atoms with E-state index < -0.39 is 22.8 Å². The maximum absolute atomic E-state index is 12.2. The first-order chi connectivity index (χ1) is 10.6. The predicted molar refractivity (Wildman–Crippen MR) is 93.5 cm³/mol. The number of carboxylic acid groups (broad SMARTS) is 2. The highest BCUT2D eigenvalue weighted by atomic mass is 16.4. The summed E-state index contributed by atoms with van der Waals surface area (Å²) in [6.45, 7) is 11.7. The Labute approximate surface area is 141 Å². The van der Waals surface area contributed by atoms with Crippen LogP contribution in [-0.2, 0) is 9.59 Å². The summed E-state index contributed by atoms with van der Waals surface area (Å²) in [7, 11) is 0. The van der Waals surface area contributed by atoms with Crippen molar-refractivity contribution in [3.63, 3.8) is 0 Å². The quantitative estimate of drug-likeness (QED) is 0.482. The van der Waals surface area contributed by atoms with E-state index in [0.29, 0.717) is 6.42 Å². The van der Waals surface area contributed by atoms with Crippen molar-refractivity contribution >= 4 is 11.9 Å². The standard InChI is InChI=1S/C19H36O4/c1-7-8-9-10-11-12-18(6,17(22)23)19(14(2)3,15(4)5)13-16(20)21/h14-15H,7-13H2,1-6H3,(H,20,21)(H,22,23). The minimum atomic E-state index is -1.03. The monoisotopic (exact) mass is 328 g/mol. The molecule has 0 saturated heterocycles. The molecular weight excluding hydrogens is 292 g/mol. The number of hydrogen-bond donors (Lipinski definition) is 2. The number of hydrogen-bond acceptors (Lipinski definition) is 2. The Bertz CT molecular complexity index is 379. The van der Waals surface area contributed by atoms with Gasteiger partial charge in [-0.25, -0.2) is 0 Å². The summed E-state index contributed by atoms with van der Waals surface area (Å²) >= 11 is 0. The van der Waals surface area contributed by atoms with Crippen molar-refractivity contribution in [3.8, 4) is 0 Å². The Morgan fingerprint density at radius 3 is 1.74 bits per heavy atom. The zero-order chi connectivity index (χ0) is 18.3. The predicted octanol–water partition coefficient (Wildman–Crippen LogP) is 5.21. The Morgan fingerprint density at radius 2 is 1.39 bits per heavy atom. The average Bonchev–Trinajstić information content (AvgIpc) is 2.42. The van der Waals surface area contributed by atoms with Gasteiger partial charge in [0.2, 0.25) is 0 Å². The minimum absolute atomic E-state index is 0.0182. The molecule has 4 heteroatoms. The van der Waals surface area contributed by atoms with Crippen LogP contribution in [0.4, 0.5) is 0 Å². The number of carboxylic acids is 2. The van der Waals surface area contributed by atoms with Crippen molar-refractivity contribution < 1.29 is 19.8 Å². The summed E-state index contributed by atoms with van der Waals surface area (Å²) in [5, 5.41) is 19.4. The van der Waals surface area contributed by atoms with Crippen LogP contribution in [0.15, 0.2) is 0 Å². The highest BCUT2D eigenvalue weighted by Crippen LogP contribution is 2.55. The fourth-order valence-corrected chi connectivity index (χ4v) is 4.42. The van der Waals surface area contributed by atoms with Crippen molar-refractivity contribution in [3.05, 3.63) is 0 Å². The number of aliphatic carboxylic acids is 2. The first-order valence-electron chi connectivity index (χ1n) is 9.01. The molecule has 0 radical (unpaired) electrons. The molecule has 4 nitrogen and oxygen atoms in total. The molecular formula is C19H36O4. The van der Waals surface area contributed by atoms with Crippen molar-refractivity contribution in [1.82, 2.24) is 0 Å². The van der Waals surface area contributed by atoms with Gasteiger partial charge in [0, 0.05) is 5.41 Å². The largest absolute Gasteiger partial charge is 0.481 e. The molecule has 0 saturated carbocycles. The molecule has 0 bridgehead atoms. The molecule has 0 aliphatic carbocycles. The lowest BCUT2D eigenvalue weighted by Crippen LogP contribution is -2.53. The SMILES string of the molecule is CCCCCCCC(C)(C(=O)O)C(CC(=O)O)(C(C)C)C(C)C. The molecule has 1 atom stereocenters. The fourth-order valence-electron chi connectivity index (χ4n) is 4.42. The van der Waals surface area contributed by atoms with Gasteiger partial charge in [0.1, 0.15) is 0 Å². The molecule has 0 aliphatic rings. The molecule has 0 aromatic rings. The molecule has 0 aromatic carbocycles. The van der Waals surface area contributed by atoms with Crippen LogP contribution in [-0.4, -0.2) is 22.2 Å². The number of rotatable bonds is 12. The van der Waals surface area contributed by atoms with Gasteiger partial charge in [-0.15, -0.1) is 0 Å². The van der Waals surface area contributed by atoms with Crippen molar-refractivity contribution in [1.29, 1.82) is 0 Å². The second-order valence-corrected chi connectivity index (χ2v) is 7.72. The van der Waals surface area contributed by atoms with E-state index in [0.717, 1.165) is 25.7 Å². The average molecular weight is 328 g/mol. The van der Waals surface area contributed by atoms with Gasteiger partial charge in [0.05, 0.1) is 11.8 Å². The van der Waals surface area contributed by atoms with Crippen molar-refractivity contribution in [2.75, 3.05) is 0 Å². The summed E-state index contributed by atoms with van der Waals surface area (Å²) in [6, 6.07) is 0. The highest BCUT2D eigenvalue weighted by molar-refractivity contribution is 5.77. The third kappa shape index (κ3) is 4.95. The lowest BCUT2D eigenvalue weighted by molar-refractivity contribution is -0.171. The highest BCUT2D eigenvalue weighted by Gasteiger charge is 2.57. The smallest absolute Gasteiger partial charge is 0.309 e. The minimum Gasteiger partial charge on any atom is -0.481 e. The van der Waals surface area contributed by atoms with E-state index >= 15 is 0 Å². The van der Waals surface area contributed by atoms with Crippen LogP contribution >= 0.6 is 0 Å².